The number of carbonyl (C=O) groups is 1. The van der Waals surface area contributed by atoms with Gasteiger partial charge in [0.1, 0.15) is 10.7 Å². The van der Waals surface area contributed by atoms with Crippen molar-refractivity contribution < 1.29 is 14.3 Å². The van der Waals surface area contributed by atoms with Crippen LogP contribution in [0.4, 0.5) is 0 Å². The van der Waals surface area contributed by atoms with E-state index in [1.807, 2.05) is 62.4 Å². The van der Waals surface area contributed by atoms with E-state index in [0.717, 1.165) is 15.4 Å². The molecule has 28 heavy (non-hydrogen) atoms. The number of thiazole rings is 1. The summed E-state index contributed by atoms with van der Waals surface area (Å²) in [5.74, 6) is 0.842. The van der Waals surface area contributed by atoms with Crippen LogP contribution in [0.2, 0.25) is 0 Å². The third-order valence-corrected chi connectivity index (χ3v) is 4.94. The average molecular weight is 395 g/mol. The Kier molecular flexibility index (Phi) is 6.39. The zero-order valence-corrected chi connectivity index (χ0v) is 16.7. The summed E-state index contributed by atoms with van der Waals surface area (Å²) in [6, 6.07) is 15.3. The molecule has 6 nitrogen and oxygen atoms in total. The minimum atomic E-state index is -0.354. The Bertz CT molecular complexity index is 984. The highest BCUT2D eigenvalue weighted by Crippen LogP contribution is 2.30. The molecule has 3 rings (SSSR count). The number of hydrogen-bond acceptors (Lipinski definition) is 6. The van der Waals surface area contributed by atoms with Crippen LogP contribution < -0.4 is 14.9 Å². The van der Waals surface area contributed by atoms with Gasteiger partial charge in [-0.2, -0.15) is 5.10 Å². The lowest BCUT2D eigenvalue weighted by atomic mass is 10.2. The molecule has 0 atom stereocenters. The minimum Gasteiger partial charge on any atom is -0.493 e. The fraction of sp³-hybridized carbons (Fsp3) is 0.190. The zero-order valence-electron chi connectivity index (χ0n) is 15.9. The highest BCUT2D eigenvalue weighted by atomic mass is 32.1. The largest absolute Gasteiger partial charge is 0.493 e. The molecule has 0 saturated heterocycles. The second-order valence-electron chi connectivity index (χ2n) is 5.80. The first-order valence-electron chi connectivity index (χ1n) is 8.80. The maximum Gasteiger partial charge on any atom is 0.291 e. The highest BCUT2D eigenvalue weighted by molar-refractivity contribution is 7.15. The van der Waals surface area contributed by atoms with Gasteiger partial charge in [-0.3, -0.25) is 4.79 Å². The predicted molar refractivity (Wildman–Crippen MR) is 112 cm³/mol. The first-order chi connectivity index (χ1) is 13.6. The second-order valence-corrected chi connectivity index (χ2v) is 7.00. The summed E-state index contributed by atoms with van der Waals surface area (Å²) < 4.78 is 10.9. The predicted octanol–water partition coefficient (Wildman–Crippen LogP) is 4.29. The van der Waals surface area contributed by atoms with Crippen molar-refractivity contribution in [2.24, 2.45) is 5.10 Å². The van der Waals surface area contributed by atoms with Gasteiger partial charge in [0.2, 0.25) is 0 Å². The summed E-state index contributed by atoms with van der Waals surface area (Å²) in [7, 11) is 1.58. The van der Waals surface area contributed by atoms with Gasteiger partial charge in [0, 0.05) is 16.0 Å². The van der Waals surface area contributed by atoms with E-state index >= 15 is 0 Å². The number of para-hydroxylation sites is 1. The number of hydrazone groups is 1. The van der Waals surface area contributed by atoms with E-state index in [9.17, 15) is 4.79 Å². The summed E-state index contributed by atoms with van der Waals surface area (Å²) in [6.45, 7) is 4.26. The van der Waals surface area contributed by atoms with Crippen LogP contribution in [0.15, 0.2) is 53.6 Å². The first kappa shape index (κ1) is 19.6. The average Bonchev–Trinajstić information content (AvgIpc) is 3.11. The number of nitrogens with zero attached hydrogens (tertiary/aromatic N) is 2. The monoisotopic (exact) mass is 395 g/mol. The molecule has 3 aromatic rings. The summed E-state index contributed by atoms with van der Waals surface area (Å²) >= 11 is 1.48. The summed E-state index contributed by atoms with van der Waals surface area (Å²) in [4.78, 5) is 17.8. The summed E-state index contributed by atoms with van der Waals surface area (Å²) in [6.07, 6.45) is 1.53. The van der Waals surface area contributed by atoms with E-state index in [0.29, 0.717) is 29.4 Å². The lowest BCUT2D eigenvalue weighted by Gasteiger charge is -2.11. The fourth-order valence-corrected chi connectivity index (χ4v) is 3.53. The van der Waals surface area contributed by atoms with Crippen LogP contribution in [0.25, 0.3) is 10.6 Å². The minimum absolute atomic E-state index is 0.354. The van der Waals surface area contributed by atoms with Crippen LogP contribution in [-0.4, -0.2) is 30.8 Å². The summed E-state index contributed by atoms with van der Waals surface area (Å²) in [5.41, 5.74) is 4.60. The van der Waals surface area contributed by atoms with E-state index < -0.39 is 0 Å². The molecule has 0 unspecified atom stereocenters. The number of carbonyl (C=O) groups excluding carboxylic acids is 1. The van der Waals surface area contributed by atoms with Crippen LogP contribution in [0.5, 0.6) is 11.5 Å². The number of benzene rings is 2. The number of rotatable bonds is 7. The topological polar surface area (TPSA) is 72.8 Å². The van der Waals surface area contributed by atoms with Crippen LogP contribution in [0.3, 0.4) is 0 Å². The molecule has 0 radical (unpaired) electrons. The first-order valence-corrected chi connectivity index (χ1v) is 9.61. The number of methoxy groups -OCH3 is 1. The SMILES string of the molecule is CCOc1c(/C=N\NC(=O)c2nc(-c3ccccc3)sc2C)cccc1OC. The number of aryl methyl sites for hydroxylation is 1. The van der Waals surface area contributed by atoms with Crippen molar-refractivity contribution in [3.8, 4) is 22.1 Å². The van der Waals surface area contributed by atoms with E-state index in [2.05, 4.69) is 15.5 Å². The maximum atomic E-state index is 12.5. The smallest absolute Gasteiger partial charge is 0.291 e. The molecule has 0 spiro atoms. The molecule has 144 valence electrons. The molecule has 7 heteroatoms. The Hall–Kier alpha value is -3.19. The van der Waals surface area contributed by atoms with Gasteiger partial charge in [0.25, 0.3) is 5.91 Å². The molecular formula is C21H21N3O3S. The standard InChI is InChI=1S/C21H21N3O3S/c1-4-27-19-16(11-8-12-17(19)26-3)13-22-24-20(25)18-14(2)28-21(23-18)15-9-6-5-7-10-15/h5-13H,4H2,1-3H3,(H,24,25)/b22-13-. The molecule has 0 fully saturated rings. The third-order valence-electron chi connectivity index (χ3n) is 3.92. The molecular weight excluding hydrogens is 374 g/mol. The second kappa shape index (κ2) is 9.14. The third kappa shape index (κ3) is 4.37. The quantitative estimate of drug-likeness (QED) is 0.478. The molecule has 1 aromatic heterocycles. The van der Waals surface area contributed by atoms with Crippen molar-refractivity contribution in [2.75, 3.05) is 13.7 Å². The van der Waals surface area contributed by atoms with Gasteiger partial charge in [0.15, 0.2) is 11.5 Å². The molecule has 0 aliphatic carbocycles. The van der Waals surface area contributed by atoms with Crippen molar-refractivity contribution in [1.82, 2.24) is 10.4 Å². The van der Waals surface area contributed by atoms with E-state index in [1.165, 1.54) is 17.6 Å². The van der Waals surface area contributed by atoms with E-state index in [4.69, 9.17) is 9.47 Å². The van der Waals surface area contributed by atoms with Crippen molar-refractivity contribution in [2.45, 2.75) is 13.8 Å². The van der Waals surface area contributed by atoms with Gasteiger partial charge in [-0.15, -0.1) is 11.3 Å². The molecule has 0 saturated carbocycles. The maximum absolute atomic E-state index is 12.5. The van der Waals surface area contributed by atoms with Crippen LogP contribution >= 0.6 is 11.3 Å². The summed E-state index contributed by atoms with van der Waals surface area (Å²) in [5, 5.41) is 4.87. The van der Waals surface area contributed by atoms with E-state index in [-0.39, 0.29) is 5.91 Å². The molecule has 0 aliphatic rings. The van der Waals surface area contributed by atoms with Crippen LogP contribution in [0, 0.1) is 6.92 Å². The lowest BCUT2D eigenvalue weighted by Crippen LogP contribution is -2.19. The Morgan fingerprint density at radius 1 is 1.21 bits per heavy atom. The number of hydrogen-bond donors (Lipinski definition) is 1. The lowest BCUT2D eigenvalue weighted by molar-refractivity contribution is 0.0950. The number of ether oxygens (including phenoxy) is 2. The molecule has 1 N–H and O–H groups in total. The van der Waals surface area contributed by atoms with Crippen molar-refractivity contribution in [3.63, 3.8) is 0 Å². The van der Waals surface area contributed by atoms with Crippen molar-refractivity contribution in [1.29, 1.82) is 0 Å². The number of amides is 1. The van der Waals surface area contributed by atoms with Crippen molar-refractivity contribution in [3.05, 3.63) is 64.7 Å². The number of aromatic nitrogens is 1. The van der Waals surface area contributed by atoms with Gasteiger partial charge in [-0.1, -0.05) is 36.4 Å². The molecule has 0 bridgehead atoms. The molecule has 0 aliphatic heterocycles. The number of nitrogens with one attached hydrogen (secondary N) is 1. The Morgan fingerprint density at radius 3 is 2.71 bits per heavy atom. The molecule has 1 heterocycles. The Labute approximate surface area is 167 Å². The Morgan fingerprint density at radius 2 is 2.00 bits per heavy atom. The van der Waals surface area contributed by atoms with Crippen LogP contribution in [0.1, 0.15) is 27.9 Å². The van der Waals surface area contributed by atoms with Crippen molar-refractivity contribution >= 4 is 23.5 Å². The molecule has 1 amide bonds. The zero-order chi connectivity index (χ0) is 19.9. The molecule has 2 aromatic carbocycles. The van der Waals surface area contributed by atoms with Crippen LogP contribution in [-0.2, 0) is 0 Å². The van der Waals surface area contributed by atoms with Gasteiger partial charge >= 0.3 is 0 Å². The van der Waals surface area contributed by atoms with Gasteiger partial charge in [-0.05, 0) is 26.0 Å². The fourth-order valence-electron chi connectivity index (χ4n) is 2.62. The highest BCUT2D eigenvalue weighted by Gasteiger charge is 2.16. The van der Waals surface area contributed by atoms with Gasteiger partial charge < -0.3 is 9.47 Å². The normalized spacial score (nSPS) is 10.8. The van der Waals surface area contributed by atoms with Gasteiger partial charge in [0.05, 0.1) is 19.9 Å². The van der Waals surface area contributed by atoms with Gasteiger partial charge in [-0.25, -0.2) is 10.4 Å². The Balaban J connectivity index is 1.75. The van der Waals surface area contributed by atoms with E-state index in [1.54, 1.807) is 7.11 Å².